The van der Waals surface area contributed by atoms with E-state index in [9.17, 15) is 9.59 Å². The quantitative estimate of drug-likeness (QED) is 0.711. The minimum absolute atomic E-state index is 0.129. The van der Waals surface area contributed by atoms with Gasteiger partial charge in [-0.3, -0.25) is 4.79 Å². The monoisotopic (exact) mass is 218 g/mol. The zero-order chi connectivity index (χ0) is 12.1. The number of aryl methyl sites for hydroxylation is 2. The minimum atomic E-state index is 0.129. The van der Waals surface area contributed by atoms with E-state index in [2.05, 4.69) is 0 Å². The Morgan fingerprint density at radius 3 is 2.31 bits per heavy atom. The van der Waals surface area contributed by atoms with Crippen molar-refractivity contribution in [2.24, 2.45) is 0 Å². The van der Waals surface area contributed by atoms with Gasteiger partial charge in [0.15, 0.2) is 5.78 Å². The number of benzene rings is 1. The molecular weight excluding hydrogens is 200 g/mol. The van der Waals surface area contributed by atoms with Crippen molar-refractivity contribution in [1.29, 1.82) is 0 Å². The van der Waals surface area contributed by atoms with Crippen LogP contribution in [0.1, 0.15) is 47.7 Å². The maximum absolute atomic E-state index is 11.8. The molecule has 0 heterocycles. The van der Waals surface area contributed by atoms with Gasteiger partial charge >= 0.3 is 0 Å². The van der Waals surface area contributed by atoms with Gasteiger partial charge in [0.2, 0.25) is 0 Å². The number of rotatable bonds is 5. The minimum Gasteiger partial charge on any atom is -0.300 e. The molecule has 0 spiro atoms. The van der Waals surface area contributed by atoms with Gasteiger partial charge in [0.25, 0.3) is 0 Å². The molecular formula is C14H18O2. The standard InChI is InChI=1S/C14H18O2/c1-10-7-8-13(9-11(10)2)14(16)6-4-5-12(3)15/h7-9H,4-6H2,1-3H3. The van der Waals surface area contributed by atoms with E-state index in [0.717, 1.165) is 11.1 Å². The van der Waals surface area contributed by atoms with Crippen LogP contribution in [0.25, 0.3) is 0 Å². The van der Waals surface area contributed by atoms with Gasteiger partial charge in [-0.1, -0.05) is 12.1 Å². The van der Waals surface area contributed by atoms with Crippen LogP contribution >= 0.6 is 0 Å². The average Bonchev–Trinajstić information content (AvgIpc) is 2.21. The molecule has 0 saturated heterocycles. The van der Waals surface area contributed by atoms with Gasteiger partial charge in [-0.05, 0) is 44.4 Å². The Morgan fingerprint density at radius 1 is 1.06 bits per heavy atom. The molecule has 1 rings (SSSR count). The van der Waals surface area contributed by atoms with E-state index in [1.165, 1.54) is 5.56 Å². The molecule has 16 heavy (non-hydrogen) atoms. The van der Waals surface area contributed by atoms with Crippen molar-refractivity contribution in [3.05, 3.63) is 34.9 Å². The predicted molar refractivity (Wildman–Crippen MR) is 64.8 cm³/mol. The van der Waals surface area contributed by atoms with E-state index in [0.29, 0.717) is 19.3 Å². The molecule has 0 fully saturated rings. The van der Waals surface area contributed by atoms with Gasteiger partial charge in [-0.15, -0.1) is 0 Å². The molecule has 86 valence electrons. The topological polar surface area (TPSA) is 34.1 Å². The average molecular weight is 218 g/mol. The normalized spacial score (nSPS) is 10.2. The highest BCUT2D eigenvalue weighted by Crippen LogP contribution is 2.13. The van der Waals surface area contributed by atoms with Crippen LogP contribution in [-0.2, 0) is 4.79 Å². The van der Waals surface area contributed by atoms with E-state index in [1.807, 2.05) is 32.0 Å². The van der Waals surface area contributed by atoms with E-state index in [4.69, 9.17) is 0 Å². The fraction of sp³-hybridized carbons (Fsp3) is 0.429. The number of carbonyl (C=O) groups is 2. The maximum Gasteiger partial charge on any atom is 0.162 e. The number of hydrogen-bond acceptors (Lipinski definition) is 2. The summed E-state index contributed by atoms with van der Waals surface area (Å²) in [5, 5.41) is 0. The van der Waals surface area contributed by atoms with Crippen molar-refractivity contribution in [2.45, 2.75) is 40.0 Å². The van der Waals surface area contributed by atoms with E-state index in [1.54, 1.807) is 6.92 Å². The molecule has 0 unspecified atom stereocenters. The zero-order valence-electron chi connectivity index (χ0n) is 10.2. The summed E-state index contributed by atoms with van der Waals surface area (Å²) in [4.78, 5) is 22.5. The Kier molecular flexibility index (Phi) is 4.41. The van der Waals surface area contributed by atoms with Crippen LogP contribution in [0.15, 0.2) is 18.2 Å². The maximum atomic E-state index is 11.8. The van der Waals surface area contributed by atoms with Crippen molar-refractivity contribution in [2.75, 3.05) is 0 Å². The summed E-state index contributed by atoms with van der Waals surface area (Å²) in [5.41, 5.74) is 3.09. The van der Waals surface area contributed by atoms with Crippen LogP contribution in [0.2, 0.25) is 0 Å². The number of hydrogen-bond donors (Lipinski definition) is 0. The highest BCUT2D eigenvalue weighted by Gasteiger charge is 2.07. The fourth-order valence-corrected chi connectivity index (χ4v) is 1.56. The van der Waals surface area contributed by atoms with Crippen LogP contribution in [0.5, 0.6) is 0 Å². The molecule has 0 aromatic heterocycles. The smallest absolute Gasteiger partial charge is 0.162 e. The van der Waals surface area contributed by atoms with E-state index >= 15 is 0 Å². The highest BCUT2D eigenvalue weighted by molar-refractivity contribution is 5.96. The van der Waals surface area contributed by atoms with Crippen molar-refractivity contribution in [3.63, 3.8) is 0 Å². The molecule has 1 aromatic carbocycles. The Balaban J connectivity index is 2.59. The summed E-state index contributed by atoms with van der Waals surface area (Å²) in [6.45, 7) is 5.58. The molecule has 0 atom stereocenters. The second kappa shape index (κ2) is 5.59. The lowest BCUT2D eigenvalue weighted by molar-refractivity contribution is -0.117. The molecule has 0 N–H and O–H groups in total. The van der Waals surface area contributed by atoms with Gasteiger partial charge in [-0.2, -0.15) is 0 Å². The van der Waals surface area contributed by atoms with Gasteiger partial charge < -0.3 is 4.79 Å². The summed E-state index contributed by atoms with van der Waals surface area (Å²) in [7, 11) is 0. The van der Waals surface area contributed by atoms with Crippen molar-refractivity contribution >= 4 is 11.6 Å². The van der Waals surface area contributed by atoms with Gasteiger partial charge in [0.05, 0.1) is 0 Å². The molecule has 1 aromatic rings. The molecule has 2 heteroatoms. The molecule has 0 amide bonds. The lowest BCUT2D eigenvalue weighted by Crippen LogP contribution is -2.01. The Hall–Kier alpha value is -1.44. The third kappa shape index (κ3) is 3.61. The van der Waals surface area contributed by atoms with Gasteiger partial charge in [0.1, 0.15) is 5.78 Å². The summed E-state index contributed by atoms with van der Waals surface area (Å²) in [6, 6.07) is 5.75. The largest absolute Gasteiger partial charge is 0.300 e. The van der Waals surface area contributed by atoms with Gasteiger partial charge in [-0.25, -0.2) is 0 Å². The third-order valence-corrected chi connectivity index (χ3v) is 2.76. The molecule has 0 saturated carbocycles. The van der Waals surface area contributed by atoms with Crippen molar-refractivity contribution in [1.82, 2.24) is 0 Å². The predicted octanol–water partition coefficient (Wildman–Crippen LogP) is 3.25. The fourth-order valence-electron chi connectivity index (χ4n) is 1.56. The van der Waals surface area contributed by atoms with Gasteiger partial charge in [0, 0.05) is 18.4 Å². The molecule has 0 aliphatic rings. The summed E-state index contributed by atoms with van der Waals surface area (Å²) in [6.07, 6.45) is 1.61. The van der Waals surface area contributed by atoms with Crippen LogP contribution in [0, 0.1) is 13.8 Å². The van der Waals surface area contributed by atoms with Crippen molar-refractivity contribution < 1.29 is 9.59 Å². The summed E-state index contributed by atoms with van der Waals surface area (Å²) >= 11 is 0. The number of Topliss-reactive ketones (excluding diaryl/α,β-unsaturated/α-hetero) is 2. The van der Waals surface area contributed by atoms with Crippen LogP contribution in [0.4, 0.5) is 0 Å². The molecule has 0 aliphatic carbocycles. The highest BCUT2D eigenvalue weighted by atomic mass is 16.1. The zero-order valence-corrected chi connectivity index (χ0v) is 10.2. The lowest BCUT2D eigenvalue weighted by atomic mass is 10.0. The van der Waals surface area contributed by atoms with Crippen LogP contribution in [0.3, 0.4) is 0 Å². The summed E-state index contributed by atoms with van der Waals surface area (Å²) < 4.78 is 0. The Labute approximate surface area is 96.7 Å². The first-order valence-corrected chi connectivity index (χ1v) is 5.60. The molecule has 0 aliphatic heterocycles. The number of carbonyl (C=O) groups excluding carboxylic acids is 2. The first-order valence-electron chi connectivity index (χ1n) is 5.60. The number of ketones is 2. The lowest BCUT2D eigenvalue weighted by Gasteiger charge is -2.04. The van der Waals surface area contributed by atoms with E-state index < -0.39 is 0 Å². The second-order valence-electron chi connectivity index (χ2n) is 4.28. The van der Waals surface area contributed by atoms with Crippen LogP contribution in [-0.4, -0.2) is 11.6 Å². The SMILES string of the molecule is CC(=O)CCCC(=O)c1ccc(C)c(C)c1. The third-order valence-electron chi connectivity index (χ3n) is 2.76. The molecule has 2 nitrogen and oxygen atoms in total. The Morgan fingerprint density at radius 2 is 1.75 bits per heavy atom. The second-order valence-corrected chi connectivity index (χ2v) is 4.28. The first kappa shape index (κ1) is 12.6. The van der Waals surface area contributed by atoms with E-state index in [-0.39, 0.29) is 11.6 Å². The summed E-state index contributed by atoms with van der Waals surface area (Å²) in [5.74, 6) is 0.275. The van der Waals surface area contributed by atoms with Crippen molar-refractivity contribution in [3.8, 4) is 0 Å². The Bertz CT molecular complexity index is 405. The first-order chi connectivity index (χ1) is 7.50. The molecule has 0 bridgehead atoms. The molecule has 0 radical (unpaired) electrons. The van der Waals surface area contributed by atoms with Crippen LogP contribution < -0.4 is 0 Å².